The van der Waals surface area contributed by atoms with Gasteiger partial charge in [-0.2, -0.15) is 4.98 Å². The van der Waals surface area contributed by atoms with E-state index in [0.29, 0.717) is 48.2 Å². The summed E-state index contributed by atoms with van der Waals surface area (Å²) in [6, 6.07) is 5.73. The second-order valence-electron chi connectivity index (χ2n) is 7.21. The molecule has 0 aliphatic carbocycles. The molecular weight excluding hydrogens is 394 g/mol. The Hall–Kier alpha value is -2.58. The summed E-state index contributed by atoms with van der Waals surface area (Å²) in [5.74, 6) is 2.08. The lowest BCUT2D eigenvalue weighted by Gasteiger charge is -2.30. The molecule has 0 bridgehead atoms. The zero-order chi connectivity index (χ0) is 20.8. The lowest BCUT2D eigenvalue weighted by atomic mass is 10.1. The van der Waals surface area contributed by atoms with Crippen molar-refractivity contribution in [3.63, 3.8) is 0 Å². The number of benzene rings is 1. The minimum Gasteiger partial charge on any atom is -0.495 e. The molecule has 2 heterocycles. The lowest BCUT2D eigenvalue weighted by molar-refractivity contribution is -0.125. The molecular formula is C20H26ClN5O3. The van der Waals surface area contributed by atoms with Gasteiger partial charge in [-0.15, -0.1) is 0 Å². The number of methoxy groups -OCH3 is 1. The molecule has 2 N–H and O–H groups in total. The summed E-state index contributed by atoms with van der Waals surface area (Å²) in [6.07, 6.45) is 2.23. The Kier molecular flexibility index (Phi) is 7.11. The van der Waals surface area contributed by atoms with Crippen LogP contribution < -0.4 is 15.4 Å². The van der Waals surface area contributed by atoms with Crippen LogP contribution in [0.3, 0.4) is 0 Å². The average molecular weight is 420 g/mol. The van der Waals surface area contributed by atoms with Crippen molar-refractivity contribution in [1.82, 2.24) is 14.9 Å². The fourth-order valence-electron chi connectivity index (χ4n) is 2.95. The van der Waals surface area contributed by atoms with E-state index in [2.05, 4.69) is 34.4 Å². The summed E-state index contributed by atoms with van der Waals surface area (Å²) in [7, 11) is 1.60. The van der Waals surface area contributed by atoms with Gasteiger partial charge in [-0.1, -0.05) is 31.5 Å². The van der Waals surface area contributed by atoms with Crippen molar-refractivity contribution in [1.29, 1.82) is 0 Å². The number of amides is 1. The first-order chi connectivity index (χ1) is 14.0. The topological polar surface area (TPSA) is 88.6 Å². The van der Waals surface area contributed by atoms with E-state index < -0.39 is 0 Å². The van der Waals surface area contributed by atoms with Crippen molar-refractivity contribution in [2.75, 3.05) is 44.0 Å². The second kappa shape index (κ2) is 9.76. The molecule has 3 rings (SSSR count). The van der Waals surface area contributed by atoms with Crippen molar-refractivity contribution in [2.45, 2.75) is 20.0 Å². The molecule has 1 aliphatic heterocycles. The molecule has 0 saturated carbocycles. The van der Waals surface area contributed by atoms with Crippen LogP contribution in [0, 0.1) is 5.92 Å². The number of morpholine rings is 1. The molecule has 1 aromatic carbocycles. The highest BCUT2D eigenvalue weighted by atomic mass is 35.5. The van der Waals surface area contributed by atoms with E-state index in [0.717, 1.165) is 24.2 Å². The highest BCUT2D eigenvalue weighted by Gasteiger charge is 2.22. The van der Waals surface area contributed by atoms with Gasteiger partial charge >= 0.3 is 0 Å². The number of carbonyl (C=O) groups excluding carboxylic acids is 1. The summed E-state index contributed by atoms with van der Waals surface area (Å²) in [4.78, 5) is 21.5. The standard InChI is InChI=1S/C20H26ClN5O3/c1-13(2)9-22-19-15(21)10-23-20(25-19)24-16-5-4-14(8-17(16)28-3)18-11-26(12-27)6-7-29-18/h4-5,8,10,12-13,18H,6-7,9,11H2,1-3H3,(H2,22,23,24,25). The molecule has 0 spiro atoms. The van der Waals surface area contributed by atoms with Crippen LogP contribution in [0.5, 0.6) is 5.75 Å². The fraction of sp³-hybridized carbons (Fsp3) is 0.450. The van der Waals surface area contributed by atoms with Crippen LogP contribution in [0.15, 0.2) is 24.4 Å². The van der Waals surface area contributed by atoms with Gasteiger partial charge in [0.25, 0.3) is 0 Å². The predicted octanol–water partition coefficient (Wildman–Crippen LogP) is 3.48. The van der Waals surface area contributed by atoms with Gasteiger partial charge in [0.2, 0.25) is 12.4 Å². The van der Waals surface area contributed by atoms with E-state index in [4.69, 9.17) is 21.1 Å². The first-order valence-corrected chi connectivity index (χ1v) is 9.90. The SMILES string of the molecule is COc1cc(C2CN(C=O)CCO2)ccc1Nc1ncc(Cl)c(NCC(C)C)n1. The van der Waals surface area contributed by atoms with Crippen molar-refractivity contribution in [2.24, 2.45) is 5.92 Å². The van der Waals surface area contributed by atoms with Gasteiger partial charge < -0.3 is 25.0 Å². The van der Waals surface area contributed by atoms with Crippen molar-refractivity contribution in [3.05, 3.63) is 35.0 Å². The average Bonchev–Trinajstić information content (AvgIpc) is 2.74. The van der Waals surface area contributed by atoms with E-state index in [1.54, 1.807) is 18.2 Å². The van der Waals surface area contributed by atoms with Gasteiger partial charge in [0.1, 0.15) is 16.9 Å². The largest absolute Gasteiger partial charge is 0.495 e. The van der Waals surface area contributed by atoms with Crippen LogP contribution >= 0.6 is 11.6 Å². The molecule has 1 unspecified atom stereocenters. The number of carbonyl (C=O) groups is 1. The van der Waals surface area contributed by atoms with Crippen molar-refractivity contribution >= 4 is 35.5 Å². The van der Waals surface area contributed by atoms with Crippen LogP contribution in [0.4, 0.5) is 17.5 Å². The maximum atomic E-state index is 11.1. The second-order valence-corrected chi connectivity index (χ2v) is 7.62. The Labute approximate surface area is 175 Å². The van der Waals surface area contributed by atoms with E-state index in [1.807, 2.05) is 18.2 Å². The number of nitrogens with zero attached hydrogens (tertiary/aromatic N) is 3. The minimum absolute atomic E-state index is 0.185. The van der Waals surface area contributed by atoms with E-state index in [1.165, 1.54) is 0 Å². The van der Waals surface area contributed by atoms with Gasteiger partial charge in [0.15, 0.2) is 5.82 Å². The zero-order valence-corrected chi connectivity index (χ0v) is 17.6. The van der Waals surface area contributed by atoms with E-state index in [-0.39, 0.29) is 6.10 Å². The number of nitrogens with one attached hydrogen (secondary N) is 2. The number of hydrogen-bond donors (Lipinski definition) is 2. The van der Waals surface area contributed by atoms with Gasteiger partial charge in [-0.25, -0.2) is 4.98 Å². The van der Waals surface area contributed by atoms with Crippen LogP contribution in [0.2, 0.25) is 5.02 Å². The summed E-state index contributed by atoms with van der Waals surface area (Å²) in [5.41, 5.74) is 1.66. The Balaban J connectivity index is 1.77. The molecule has 2 aromatic rings. The van der Waals surface area contributed by atoms with Gasteiger partial charge in [-0.3, -0.25) is 4.79 Å². The number of aromatic nitrogens is 2. The summed E-state index contributed by atoms with van der Waals surface area (Å²) in [5, 5.41) is 6.87. The lowest BCUT2D eigenvalue weighted by Crippen LogP contribution is -2.37. The molecule has 9 heteroatoms. The van der Waals surface area contributed by atoms with E-state index >= 15 is 0 Å². The molecule has 1 aliphatic rings. The Morgan fingerprint density at radius 2 is 2.28 bits per heavy atom. The van der Waals surface area contributed by atoms with Crippen LogP contribution in [-0.2, 0) is 9.53 Å². The predicted molar refractivity (Wildman–Crippen MR) is 113 cm³/mol. The number of anilines is 3. The number of halogens is 1. The molecule has 156 valence electrons. The van der Waals surface area contributed by atoms with Crippen molar-refractivity contribution < 1.29 is 14.3 Å². The quantitative estimate of drug-likeness (QED) is 0.633. The number of ether oxygens (including phenoxy) is 2. The summed E-state index contributed by atoms with van der Waals surface area (Å²) >= 11 is 6.19. The molecule has 1 amide bonds. The Morgan fingerprint density at radius 3 is 3.00 bits per heavy atom. The van der Waals surface area contributed by atoms with Gasteiger partial charge in [-0.05, 0) is 23.6 Å². The number of hydrogen-bond acceptors (Lipinski definition) is 7. The fourth-order valence-corrected chi connectivity index (χ4v) is 3.11. The highest BCUT2D eigenvalue weighted by Crippen LogP contribution is 2.32. The Morgan fingerprint density at radius 1 is 1.45 bits per heavy atom. The summed E-state index contributed by atoms with van der Waals surface area (Å²) < 4.78 is 11.3. The monoisotopic (exact) mass is 419 g/mol. The third-order valence-electron chi connectivity index (χ3n) is 4.51. The normalized spacial score (nSPS) is 16.6. The summed E-state index contributed by atoms with van der Waals surface area (Å²) in [6.45, 7) is 6.61. The first kappa shape index (κ1) is 21.1. The zero-order valence-electron chi connectivity index (χ0n) is 16.8. The molecule has 29 heavy (non-hydrogen) atoms. The molecule has 8 nitrogen and oxygen atoms in total. The van der Waals surface area contributed by atoms with Gasteiger partial charge in [0.05, 0.1) is 32.1 Å². The molecule has 1 atom stereocenters. The molecule has 1 fully saturated rings. The van der Waals surface area contributed by atoms with E-state index in [9.17, 15) is 4.79 Å². The van der Waals surface area contributed by atoms with Crippen LogP contribution in [0.1, 0.15) is 25.5 Å². The van der Waals surface area contributed by atoms with Crippen molar-refractivity contribution in [3.8, 4) is 5.75 Å². The molecule has 1 saturated heterocycles. The maximum absolute atomic E-state index is 11.1. The van der Waals surface area contributed by atoms with Gasteiger partial charge in [0, 0.05) is 13.1 Å². The minimum atomic E-state index is -0.185. The number of rotatable bonds is 8. The maximum Gasteiger partial charge on any atom is 0.229 e. The Bertz CT molecular complexity index is 849. The van der Waals surface area contributed by atoms with Crippen LogP contribution in [0.25, 0.3) is 0 Å². The highest BCUT2D eigenvalue weighted by molar-refractivity contribution is 6.32. The molecule has 0 radical (unpaired) electrons. The van der Waals surface area contributed by atoms with Crippen LogP contribution in [-0.4, -0.2) is 54.6 Å². The third kappa shape index (κ3) is 5.48. The first-order valence-electron chi connectivity index (χ1n) is 9.52. The smallest absolute Gasteiger partial charge is 0.229 e. The third-order valence-corrected chi connectivity index (χ3v) is 4.79. The molecule has 1 aromatic heterocycles.